The molecule has 1 aliphatic rings. The lowest BCUT2D eigenvalue weighted by Crippen LogP contribution is -2.40. The number of nitrogen functional groups attached to an aromatic ring is 1. The Balaban J connectivity index is 1.33. The first-order chi connectivity index (χ1) is 18.2. The molecule has 1 aliphatic heterocycles. The summed E-state index contributed by atoms with van der Waals surface area (Å²) in [5.74, 6) is -0.0187. The molecule has 2 aromatic carbocycles. The Labute approximate surface area is 217 Å². The van der Waals surface area contributed by atoms with E-state index in [2.05, 4.69) is 10.3 Å². The molecule has 3 N–H and O–H groups in total. The van der Waals surface area contributed by atoms with Gasteiger partial charge < -0.3 is 25.4 Å². The molecule has 2 amide bonds. The minimum atomic E-state index is -2.21. The van der Waals surface area contributed by atoms with Crippen LogP contribution in [0.5, 0.6) is 5.75 Å². The molecule has 0 saturated carbocycles. The number of nitrogens with zero attached hydrogens (tertiary/aromatic N) is 2. The van der Waals surface area contributed by atoms with Crippen LogP contribution in [0.1, 0.15) is 18.7 Å². The van der Waals surface area contributed by atoms with Crippen LogP contribution in [-0.4, -0.2) is 61.1 Å². The molecule has 0 radical (unpaired) electrons. The van der Waals surface area contributed by atoms with E-state index in [9.17, 15) is 9.59 Å². The zero-order valence-corrected chi connectivity index (χ0v) is 20.2. The molecule has 2 heterocycles. The van der Waals surface area contributed by atoms with Crippen LogP contribution in [0.2, 0.25) is 5.02 Å². The number of rotatable bonds is 8. The average Bonchev–Trinajstić information content (AvgIpc) is 2.93. The molecule has 0 aliphatic carbocycles. The zero-order valence-electron chi connectivity index (χ0n) is 21.4. The van der Waals surface area contributed by atoms with Gasteiger partial charge in [-0.1, -0.05) is 29.8 Å². The predicted octanol–water partition coefficient (Wildman–Crippen LogP) is 3.67. The van der Waals surface area contributed by atoms with E-state index in [0.717, 1.165) is 11.1 Å². The fourth-order valence-corrected chi connectivity index (χ4v) is 3.72. The van der Waals surface area contributed by atoms with Crippen molar-refractivity contribution in [3.63, 3.8) is 0 Å². The number of carbonyl (C=O) groups is 2. The van der Waals surface area contributed by atoms with E-state index in [0.29, 0.717) is 43.2 Å². The van der Waals surface area contributed by atoms with E-state index >= 15 is 0 Å². The van der Waals surface area contributed by atoms with Crippen molar-refractivity contribution < 1.29 is 21.8 Å². The quantitative estimate of drug-likeness (QED) is 0.450. The zero-order chi connectivity index (χ0) is 27.1. The molecule has 0 bridgehead atoms. The number of amides is 2. The molecule has 0 atom stereocenters. The van der Waals surface area contributed by atoms with Crippen molar-refractivity contribution in [3.05, 3.63) is 83.0 Å². The van der Waals surface area contributed by atoms with Gasteiger partial charge in [-0.3, -0.25) is 9.59 Å². The lowest BCUT2D eigenvalue weighted by atomic mass is 10.0. The first-order valence-electron chi connectivity index (χ1n) is 12.3. The van der Waals surface area contributed by atoms with Crippen LogP contribution < -0.4 is 15.8 Å². The van der Waals surface area contributed by atoms with Crippen LogP contribution >= 0.6 is 11.6 Å². The van der Waals surface area contributed by atoms with Crippen LogP contribution in [0, 0.1) is 0 Å². The number of hydrogen-bond acceptors (Lipinski definition) is 6. The van der Waals surface area contributed by atoms with Crippen molar-refractivity contribution in [1.29, 1.82) is 0 Å². The first-order valence-corrected chi connectivity index (χ1v) is 11.7. The Kier molecular flexibility index (Phi) is 7.65. The van der Waals surface area contributed by atoms with Crippen LogP contribution in [-0.2, 0) is 9.53 Å². The third kappa shape index (κ3) is 6.84. The van der Waals surface area contributed by atoms with Crippen LogP contribution in [0.15, 0.2) is 66.9 Å². The molecule has 36 heavy (non-hydrogen) atoms. The van der Waals surface area contributed by atoms with Crippen LogP contribution in [0.25, 0.3) is 17.2 Å². The van der Waals surface area contributed by atoms with Gasteiger partial charge in [0.2, 0.25) is 5.91 Å². The normalized spacial score (nSPS) is 14.8. The Morgan fingerprint density at radius 3 is 2.58 bits per heavy atom. The van der Waals surface area contributed by atoms with Gasteiger partial charge in [-0.2, -0.15) is 0 Å². The highest BCUT2D eigenvalue weighted by atomic mass is 35.5. The summed E-state index contributed by atoms with van der Waals surface area (Å²) >= 11 is 6.38. The highest BCUT2D eigenvalue weighted by Crippen LogP contribution is 2.30. The number of aromatic nitrogens is 1. The number of benzene rings is 2. The van der Waals surface area contributed by atoms with Gasteiger partial charge in [-0.15, -0.1) is 0 Å². The minimum Gasteiger partial charge on any atom is -0.490 e. The maximum absolute atomic E-state index is 12.6. The van der Waals surface area contributed by atoms with Gasteiger partial charge in [0, 0.05) is 30.9 Å². The summed E-state index contributed by atoms with van der Waals surface area (Å²) in [7, 11) is 0. The molecule has 0 spiro atoms. The molecular formula is C27H27ClN4O4. The van der Waals surface area contributed by atoms with Gasteiger partial charge in [0.15, 0.2) is 0 Å². The van der Waals surface area contributed by atoms with Crippen molar-refractivity contribution in [1.82, 2.24) is 15.2 Å². The summed E-state index contributed by atoms with van der Waals surface area (Å²) in [4.78, 5) is 30.4. The number of ether oxygens (including phenoxy) is 2. The number of anilines is 1. The lowest BCUT2D eigenvalue weighted by Gasteiger charge is -2.26. The Hall–Kier alpha value is -3.88. The monoisotopic (exact) mass is 508 g/mol. The summed E-state index contributed by atoms with van der Waals surface area (Å²) in [6, 6.07) is 15.5. The molecular weight excluding hydrogens is 480 g/mol. The number of pyridine rings is 1. The molecule has 0 unspecified atom stereocenters. The summed E-state index contributed by atoms with van der Waals surface area (Å²) in [5.41, 5.74) is 8.43. The van der Waals surface area contributed by atoms with Crippen LogP contribution in [0.3, 0.4) is 0 Å². The highest BCUT2D eigenvalue weighted by Gasteiger charge is 2.18. The summed E-state index contributed by atoms with van der Waals surface area (Å²) in [6.45, 7) is -0.369. The van der Waals surface area contributed by atoms with Crippen molar-refractivity contribution in [2.24, 2.45) is 0 Å². The van der Waals surface area contributed by atoms with E-state index < -0.39 is 19.0 Å². The van der Waals surface area contributed by atoms with E-state index in [-0.39, 0.29) is 16.7 Å². The molecule has 9 heteroatoms. The maximum atomic E-state index is 12.6. The largest absolute Gasteiger partial charge is 0.490 e. The van der Waals surface area contributed by atoms with Crippen molar-refractivity contribution in [2.75, 3.05) is 45.1 Å². The Morgan fingerprint density at radius 2 is 1.89 bits per heavy atom. The van der Waals surface area contributed by atoms with E-state index in [4.69, 9.17) is 29.5 Å². The number of halogens is 1. The maximum Gasteiger partial charge on any atom is 0.254 e. The standard InChI is InChI=1S/C27H27ClN4O4/c28-23-17-22(20-3-5-21(6-4-20)27(34)32-12-15-35-16-13-32)7-8-24(23)36-14-11-30-26(33)10-2-19-1-9-25(29)31-18-19/h1-10,17-18H,11-16H2,(H2,29,31)(H,30,33)/i14D2. The summed E-state index contributed by atoms with van der Waals surface area (Å²) in [5, 5.41) is 2.68. The fraction of sp³-hybridized carbons (Fsp3) is 0.222. The smallest absolute Gasteiger partial charge is 0.254 e. The number of hydrogen-bond donors (Lipinski definition) is 2. The first kappa shape index (κ1) is 22.6. The van der Waals surface area contributed by atoms with Crippen molar-refractivity contribution in [3.8, 4) is 16.9 Å². The average molecular weight is 509 g/mol. The third-order valence-electron chi connectivity index (χ3n) is 5.45. The lowest BCUT2D eigenvalue weighted by molar-refractivity contribution is -0.116. The van der Waals surface area contributed by atoms with Gasteiger partial charge in [0.1, 0.15) is 18.1 Å². The third-order valence-corrected chi connectivity index (χ3v) is 5.74. The molecule has 1 saturated heterocycles. The van der Waals surface area contributed by atoms with Gasteiger partial charge in [-0.25, -0.2) is 4.98 Å². The number of morpholine rings is 1. The summed E-state index contributed by atoms with van der Waals surface area (Å²) in [6.07, 6.45) is 4.33. The van der Waals surface area contributed by atoms with Gasteiger partial charge in [0.25, 0.3) is 5.91 Å². The van der Waals surface area contributed by atoms with E-state index in [1.54, 1.807) is 53.4 Å². The second-order valence-corrected chi connectivity index (χ2v) is 8.35. The topological polar surface area (TPSA) is 107 Å². The molecule has 1 aromatic heterocycles. The van der Waals surface area contributed by atoms with Gasteiger partial charge in [0.05, 0.1) is 27.5 Å². The van der Waals surface area contributed by atoms with Gasteiger partial charge in [-0.05, 0) is 59.2 Å². The molecule has 4 rings (SSSR count). The van der Waals surface area contributed by atoms with Crippen molar-refractivity contribution >= 4 is 35.3 Å². The van der Waals surface area contributed by atoms with Crippen molar-refractivity contribution in [2.45, 2.75) is 0 Å². The predicted molar refractivity (Wildman–Crippen MR) is 140 cm³/mol. The number of carbonyl (C=O) groups excluding carboxylic acids is 2. The number of nitrogens with two attached hydrogens (primary N) is 1. The minimum absolute atomic E-state index is 0.0336. The molecule has 8 nitrogen and oxygen atoms in total. The SMILES string of the molecule is [2H]C([2H])(CNC(=O)C=Cc1ccc(N)nc1)Oc1ccc(-c2ccc(C(=O)N3CCOCC3)cc2)cc1Cl. The Morgan fingerprint density at radius 1 is 1.14 bits per heavy atom. The fourth-order valence-electron chi connectivity index (χ4n) is 3.50. The molecule has 186 valence electrons. The highest BCUT2D eigenvalue weighted by molar-refractivity contribution is 6.32. The molecule has 1 fully saturated rings. The second-order valence-electron chi connectivity index (χ2n) is 7.94. The van der Waals surface area contributed by atoms with Gasteiger partial charge >= 0.3 is 0 Å². The van der Waals surface area contributed by atoms with E-state index in [1.165, 1.54) is 12.3 Å². The van der Waals surface area contributed by atoms with E-state index in [1.807, 2.05) is 12.1 Å². The second kappa shape index (κ2) is 12.2. The number of nitrogens with one attached hydrogen (secondary N) is 1. The summed E-state index contributed by atoms with van der Waals surface area (Å²) < 4.78 is 27.0. The molecule has 3 aromatic rings. The Bertz CT molecular complexity index is 1310. The van der Waals surface area contributed by atoms with Crippen LogP contribution in [0.4, 0.5) is 5.82 Å².